The molecule has 1 N–H and O–H groups in total. The zero-order chi connectivity index (χ0) is 17.9. The number of halogens is 4. The summed E-state index contributed by atoms with van der Waals surface area (Å²) in [6.45, 7) is 1.58. The van der Waals surface area contributed by atoms with Crippen LogP contribution in [-0.2, 0) is 4.79 Å². The fraction of sp³-hybridized carbons (Fsp3) is 0.333. The van der Waals surface area contributed by atoms with Crippen LogP contribution in [0, 0.1) is 17.4 Å². The van der Waals surface area contributed by atoms with Gasteiger partial charge < -0.3 is 5.01 Å². The third-order valence-electron chi connectivity index (χ3n) is 3.57. The molecule has 1 aliphatic rings. The molecule has 0 saturated carbocycles. The third kappa shape index (κ3) is 3.99. The predicted octanol–water partition coefficient (Wildman–Crippen LogP) is 3.29. The normalized spacial score (nSPS) is 19.6. The average Bonchev–Trinajstić information content (AvgIpc) is 2.85. The van der Waals surface area contributed by atoms with Gasteiger partial charge in [0, 0.05) is 35.6 Å². The number of nitrogens with one attached hydrogen (secondary N) is 1. The number of benzene rings is 1. The van der Waals surface area contributed by atoms with Crippen LogP contribution in [0.3, 0.4) is 0 Å². The van der Waals surface area contributed by atoms with Crippen molar-refractivity contribution < 1.29 is 18.0 Å². The lowest BCUT2D eigenvalue weighted by Gasteiger charge is -2.30. The molecule has 5 nitrogen and oxygen atoms in total. The molecule has 2 unspecified atom stereocenters. The van der Waals surface area contributed by atoms with E-state index in [0.29, 0.717) is 5.56 Å². The molecule has 9 heteroatoms. The summed E-state index contributed by atoms with van der Waals surface area (Å²) in [5, 5.41) is 11.8. The SMILES string of the molecule is CC(CN1C=C(C(F)(F)F)C(c2ccccc2)N1I)C(=O)NC#N. The van der Waals surface area contributed by atoms with E-state index in [0.717, 1.165) is 6.20 Å². The largest absolute Gasteiger partial charge is 0.416 e. The first-order valence-corrected chi connectivity index (χ1v) is 7.96. The Labute approximate surface area is 151 Å². The lowest BCUT2D eigenvalue weighted by atomic mass is 10.0. The molecular formula is C15H14F3IN4O. The highest BCUT2D eigenvalue weighted by Crippen LogP contribution is 2.46. The fourth-order valence-corrected chi connectivity index (χ4v) is 3.31. The first-order chi connectivity index (χ1) is 11.3. The maximum atomic E-state index is 13.4. The first kappa shape index (κ1) is 18.5. The van der Waals surface area contributed by atoms with Crippen LogP contribution in [-0.4, -0.2) is 26.9 Å². The van der Waals surface area contributed by atoms with E-state index in [1.165, 1.54) is 14.4 Å². The van der Waals surface area contributed by atoms with E-state index in [2.05, 4.69) is 0 Å². The predicted molar refractivity (Wildman–Crippen MR) is 88.8 cm³/mol. The van der Waals surface area contributed by atoms with Crippen molar-refractivity contribution in [1.82, 2.24) is 13.5 Å². The van der Waals surface area contributed by atoms with Crippen molar-refractivity contribution in [3.8, 4) is 6.19 Å². The lowest BCUT2D eigenvalue weighted by Crippen LogP contribution is -2.37. The van der Waals surface area contributed by atoms with Crippen molar-refractivity contribution in [3.63, 3.8) is 0 Å². The summed E-state index contributed by atoms with van der Waals surface area (Å²) in [5.41, 5.74) is -0.192. The molecule has 1 aliphatic heterocycles. The molecule has 1 aromatic rings. The van der Waals surface area contributed by atoms with E-state index in [-0.39, 0.29) is 6.54 Å². The van der Waals surface area contributed by atoms with Crippen LogP contribution < -0.4 is 5.32 Å². The minimum absolute atomic E-state index is 0.0271. The number of carbonyl (C=O) groups is 1. The van der Waals surface area contributed by atoms with Crippen LogP contribution >= 0.6 is 22.9 Å². The average molecular weight is 450 g/mol. The third-order valence-corrected chi connectivity index (χ3v) is 4.68. The van der Waals surface area contributed by atoms with Gasteiger partial charge in [-0.25, -0.2) is 0 Å². The summed E-state index contributed by atoms with van der Waals surface area (Å²) in [6.07, 6.45) is -1.95. The van der Waals surface area contributed by atoms with Crippen molar-refractivity contribution >= 4 is 28.8 Å². The lowest BCUT2D eigenvalue weighted by molar-refractivity contribution is -0.124. The summed E-state index contributed by atoms with van der Waals surface area (Å²) in [7, 11) is 0. The number of nitrogens with zero attached hydrogens (tertiary/aromatic N) is 3. The molecule has 2 atom stereocenters. The second-order valence-corrected chi connectivity index (χ2v) is 6.30. The van der Waals surface area contributed by atoms with Crippen LogP contribution in [0.4, 0.5) is 13.2 Å². The fourth-order valence-electron chi connectivity index (χ4n) is 2.39. The van der Waals surface area contributed by atoms with Crippen LogP contribution in [0.15, 0.2) is 42.1 Å². The van der Waals surface area contributed by atoms with Crippen LogP contribution in [0.25, 0.3) is 0 Å². The molecule has 0 radical (unpaired) electrons. The Morgan fingerprint density at radius 1 is 1.42 bits per heavy atom. The zero-order valence-electron chi connectivity index (χ0n) is 12.6. The molecule has 1 heterocycles. The van der Waals surface area contributed by atoms with E-state index in [1.54, 1.807) is 60.1 Å². The molecule has 0 spiro atoms. The summed E-state index contributed by atoms with van der Waals surface area (Å²) in [6, 6.07) is 7.37. The standard InChI is InChI=1S/C15H14F3IN4O/c1-10(14(24)21-9-20)7-22-8-12(15(16,17)18)13(23(22)19)11-5-3-2-4-6-11/h2-6,8,10,13H,7H2,1H3,(H,21,24). The second-order valence-electron chi connectivity index (χ2n) is 5.31. The highest BCUT2D eigenvalue weighted by atomic mass is 127. The van der Waals surface area contributed by atoms with E-state index in [9.17, 15) is 18.0 Å². The van der Waals surface area contributed by atoms with Crippen molar-refractivity contribution in [1.29, 1.82) is 5.26 Å². The van der Waals surface area contributed by atoms with Gasteiger partial charge in [-0.3, -0.25) is 10.1 Å². The van der Waals surface area contributed by atoms with E-state index < -0.39 is 29.6 Å². The Morgan fingerprint density at radius 2 is 2.04 bits per heavy atom. The van der Waals surface area contributed by atoms with E-state index in [4.69, 9.17) is 5.26 Å². The van der Waals surface area contributed by atoms with Gasteiger partial charge in [0.05, 0.1) is 17.5 Å². The second kappa shape index (κ2) is 7.40. The van der Waals surface area contributed by atoms with Gasteiger partial charge in [0.2, 0.25) is 5.91 Å². The number of amides is 1. The summed E-state index contributed by atoms with van der Waals surface area (Å²) >= 11 is 1.80. The molecule has 24 heavy (non-hydrogen) atoms. The quantitative estimate of drug-likeness (QED) is 0.331. The van der Waals surface area contributed by atoms with Crippen molar-refractivity contribution in [2.75, 3.05) is 6.54 Å². The van der Waals surface area contributed by atoms with Crippen LogP contribution in [0.5, 0.6) is 0 Å². The highest BCUT2D eigenvalue weighted by molar-refractivity contribution is 14.1. The number of rotatable bonds is 4. The number of hydrazine groups is 1. The van der Waals surface area contributed by atoms with Gasteiger partial charge in [0.15, 0.2) is 6.19 Å². The molecule has 0 fully saturated rings. The smallest absolute Gasteiger partial charge is 0.302 e. The summed E-state index contributed by atoms with van der Waals surface area (Å²) in [4.78, 5) is 11.6. The zero-order valence-corrected chi connectivity index (χ0v) is 14.7. The number of nitriles is 1. The molecule has 0 aromatic heterocycles. The first-order valence-electron chi connectivity index (χ1n) is 7.00. The van der Waals surface area contributed by atoms with Gasteiger partial charge >= 0.3 is 6.18 Å². The van der Waals surface area contributed by atoms with Gasteiger partial charge in [0.1, 0.15) is 0 Å². The minimum atomic E-state index is -4.49. The molecule has 0 saturated heterocycles. The van der Waals surface area contributed by atoms with E-state index >= 15 is 0 Å². The van der Waals surface area contributed by atoms with Crippen molar-refractivity contribution in [2.45, 2.75) is 19.1 Å². The van der Waals surface area contributed by atoms with Gasteiger partial charge in [-0.15, -0.1) is 3.22 Å². The van der Waals surface area contributed by atoms with Gasteiger partial charge in [0.25, 0.3) is 0 Å². The van der Waals surface area contributed by atoms with E-state index in [1.807, 2.05) is 5.32 Å². The Balaban J connectivity index is 2.28. The summed E-state index contributed by atoms with van der Waals surface area (Å²) < 4.78 is 41.7. The molecule has 0 bridgehead atoms. The summed E-state index contributed by atoms with van der Waals surface area (Å²) in [5.74, 6) is -1.19. The Bertz CT molecular complexity index is 672. The monoisotopic (exact) mass is 450 g/mol. The van der Waals surface area contributed by atoms with Gasteiger partial charge in [-0.2, -0.15) is 18.4 Å². The maximum absolute atomic E-state index is 13.4. The number of hydrogen-bond donors (Lipinski definition) is 1. The number of carbonyl (C=O) groups excluding carboxylic acids is 1. The van der Waals surface area contributed by atoms with Crippen molar-refractivity contribution in [2.24, 2.45) is 5.92 Å². The topological polar surface area (TPSA) is 59.4 Å². The Morgan fingerprint density at radius 3 is 2.58 bits per heavy atom. The van der Waals surface area contributed by atoms with Crippen LogP contribution in [0.2, 0.25) is 0 Å². The molecule has 1 amide bonds. The molecule has 0 aliphatic carbocycles. The van der Waals surface area contributed by atoms with Crippen LogP contribution in [0.1, 0.15) is 18.5 Å². The molecular weight excluding hydrogens is 436 g/mol. The Kier molecular flexibility index (Phi) is 5.71. The van der Waals surface area contributed by atoms with Gasteiger partial charge in [-0.05, 0) is 5.56 Å². The molecule has 1 aromatic carbocycles. The minimum Gasteiger partial charge on any atom is -0.302 e. The molecule has 2 rings (SSSR count). The maximum Gasteiger partial charge on any atom is 0.416 e. The Hall–Kier alpha value is -1.80. The highest BCUT2D eigenvalue weighted by Gasteiger charge is 2.47. The van der Waals surface area contributed by atoms with Gasteiger partial charge in [-0.1, -0.05) is 37.3 Å². The number of alkyl halides is 3. The number of hydrogen-bond acceptors (Lipinski definition) is 4. The molecule has 128 valence electrons. The van der Waals surface area contributed by atoms with Crippen molar-refractivity contribution in [3.05, 3.63) is 47.7 Å².